The zero-order valence-electron chi connectivity index (χ0n) is 26.1. The smallest absolute Gasteiger partial charge is 0.354 e. The van der Waals surface area contributed by atoms with Gasteiger partial charge in [-0.25, -0.2) is 9.18 Å². The second kappa shape index (κ2) is 14.3. The van der Waals surface area contributed by atoms with Crippen LogP contribution in [0.2, 0.25) is 0 Å². The van der Waals surface area contributed by atoms with E-state index in [9.17, 15) is 9.18 Å². The standard InChI is InChI=1S/C35H39FN10O/c1-23(42-29-7-5-28(36)6-8-29)25-17-26(19-31(18-25)45-15-13-39-14-16-45)32-20-27-22-46(35(47)44-33(27)43-32)30-9-3-24(4-10-30)21-40-11-2-12-41-34(37)38/h3-10,17-20,22,39-40,42H,1-2,11-16,21H2,(H4,37,38,41)(H,43,44,47). The van der Waals surface area contributed by atoms with Crippen LogP contribution in [0, 0.1) is 11.2 Å². The van der Waals surface area contributed by atoms with Gasteiger partial charge in [0.25, 0.3) is 0 Å². The largest absolute Gasteiger partial charge is 0.370 e. The van der Waals surface area contributed by atoms with Crippen LogP contribution in [0.3, 0.4) is 0 Å². The lowest BCUT2D eigenvalue weighted by molar-refractivity contribution is 0.589. The van der Waals surface area contributed by atoms with Crippen molar-refractivity contribution in [1.82, 2.24) is 30.5 Å². The molecule has 0 saturated carbocycles. The average Bonchev–Trinajstić information content (AvgIpc) is 3.50. The van der Waals surface area contributed by atoms with Crippen molar-refractivity contribution in [1.29, 1.82) is 5.41 Å². The van der Waals surface area contributed by atoms with Crippen molar-refractivity contribution in [2.45, 2.75) is 13.0 Å². The van der Waals surface area contributed by atoms with Crippen LogP contribution < -0.4 is 37.6 Å². The summed E-state index contributed by atoms with van der Waals surface area (Å²) in [6.07, 6.45) is 2.66. The summed E-state index contributed by atoms with van der Waals surface area (Å²) in [4.78, 5) is 23.2. The molecule has 0 radical (unpaired) electrons. The van der Waals surface area contributed by atoms with Crippen molar-refractivity contribution in [3.8, 4) is 16.9 Å². The number of halogens is 1. The van der Waals surface area contributed by atoms with Crippen LogP contribution in [0.25, 0.3) is 33.7 Å². The molecule has 11 nitrogen and oxygen atoms in total. The van der Waals surface area contributed by atoms with Crippen molar-refractivity contribution >= 4 is 34.1 Å². The number of H-pyrrole nitrogens is 1. The fourth-order valence-electron chi connectivity index (χ4n) is 5.60. The summed E-state index contributed by atoms with van der Waals surface area (Å²) in [6, 6.07) is 22.3. The third kappa shape index (κ3) is 7.86. The quantitative estimate of drug-likeness (QED) is 0.0619. The van der Waals surface area contributed by atoms with Crippen molar-refractivity contribution in [3.05, 3.63) is 113 Å². The van der Waals surface area contributed by atoms with Gasteiger partial charge in [0.1, 0.15) is 11.5 Å². The number of benzene rings is 3. The molecule has 12 heteroatoms. The molecule has 47 heavy (non-hydrogen) atoms. The summed E-state index contributed by atoms with van der Waals surface area (Å²) >= 11 is 0. The molecular formula is C35H39FN10O. The topological polar surface area (TPSA) is 152 Å². The van der Waals surface area contributed by atoms with Gasteiger partial charge in [0.05, 0.1) is 5.69 Å². The van der Waals surface area contributed by atoms with Crippen molar-refractivity contribution in [2.24, 2.45) is 5.73 Å². The Hall–Kier alpha value is -5.46. The normalized spacial score (nSPS) is 13.1. The van der Waals surface area contributed by atoms with Gasteiger partial charge < -0.3 is 36.9 Å². The Labute approximate surface area is 272 Å². The number of piperazine rings is 1. The Balaban J connectivity index is 1.24. The number of aromatic amines is 1. The maximum Gasteiger partial charge on any atom is 0.354 e. The fraction of sp³-hybridized carbons (Fsp3) is 0.229. The third-order valence-electron chi connectivity index (χ3n) is 8.10. The number of rotatable bonds is 12. The van der Waals surface area contributed by atoms with Gasteiger partial charge in [-0.2, -0.15) is 4.98 Å². The highest BCUT2D eigenvalue weighted by molar-refractivity contribution is 5.86. The molecule has 5 aromatic rings. The summed E-state index contributed by atoms with van der Waals surface area (Å²) in [7, 11) is 0. The van der Waals surface area contributed by atoms with E-state index >= 15 is 0 Å². The summed E-state index contributed by atoms with van der Waals surface area (Å²) in [5.74, 6) is -0.316. The second-order valence-corrected chi connectivity index (χ2v) is 11.5. The molecule has 8 N–H and O–H groups in total. The highest BCUT2D eigenvalue weighted by Gasteiger charge is 2.16. The number of hydrogen-bond acceptors (Lipinski definition) is 7. The van der Waals surface area contributed by atoms with Crippen LogP contribution in [0.5, 0.6) is 0 Å². The van der Waals surface area contributed by atoms with Gasteiger partial charge in [-0.05, 0) is 79.2 Å². The lowest BCUT2D eigenvalue weighted by Gasteiger charge is -2.30. The maximum atomic E-state index is 13.5. The van der Waals surface area contributed by atoms with E-state index in [-0.39, 0.29) is 17.5 Å². The van der Waals surface area contributed by atoms with Gasteiger partial charge in [-0.3, -0.25) is 9.98 Å². The SMILES string of the molecule is C=C(Nc1ccc(F)cc1)c1cc(-c2cc3cn(-c4ccc(CNCCCNC(=N)N)cc4)c(=O)nc3[nH]2)cc(N2CCNCC2)c1. The molecule has 0 unspecified atom stereocenters. The first-order valence-electron chi connectivity index (χ1n) is 15.7. The van der Waals surface area contributed by atoms with Gasteiger partial charge >= 0.3 is 5.69 Å². The fourth-order valence-corrected chi connectivity index (χ4v) is 5.60. The number of nitrogens with zero attached hydrogens (tertiary/aromatic N) is 3. The van der Waals surface area contributed by atoms with Crippen molar-refractivity contribution in [3.63, 3.8) is 0 Å². The molecule has 3 heterocycles. The molecular weight excluding hydrogens is 595 g/mol. The van der Waals surface area contributed by atoms with Crippen LogP contribution in [0.1, 0.15) is 17.5 Å². The summed E-state index contributed by atoms with van der Waals surface area (Å²) < 4.78 is 15.0. The van der Waals surface area contributed by atoms with Gasteiger partial charge in [-0.15, -0.1) is 0 Å². The van der Waals surface area contributed by atoms with E-state index in [1.165, 1.54) is 12.1 Å². The highest BCUT2D eigenvalue weighted by atomic mass is 19.1. The minimum Gasteiger partial charge on any atom is -0.370 e. The first-order chi connectivity index (χ1) is 22.8. The Bertz CT molecular complexity index is 1930. The predicted octanol–water partition coefficient (Wildman–Crippen LogP) is 3.98. The summed E-state index contributed by atoms with van der Waals surface area (Å²) in [6.45, 7) is 9.95. The molecule has 0 aliphatic carbocycles. The first-order valence-corrected chi connectivity index (χ1v) is 15.7. The molecule has 1 aliphatic heterocycles. The van der Waals surface area contributed by atoms with Crippen LogP contribution in [0.15, 0.2) is 90.4 Å². The van der Waals surface area contributed by atoms with E-state index in [0.29, 0.717) is 24.4 Å². The molecule has 6 rings (SSSR count). The average molecular weight is 635 g/mol. The predicted molar refractivity (Wildman–Crippen MR) is 188 cm³/mol. The van der Waals surface area contributed by atoms with Crippen LogP contribution in [0.4, 0.5) is 15.8 Å². The number of fused-ring (bicyclic) bond motifs is 1. The number of anilines is 2. The molecule has 1 saturated heterocycles. The lowest BCUT2D eigenvalue weighted by atomic mass is 10.0. The zero-order valence-corrected chi connectivity index (χ0v) is 26.1. The van der Waals surface area contributed by atoms with Crippen LogP contribution >= 0.6 is 0 Å². The van der Waals surface area contributed by atoms with Crippen LogP contribution in [-0.4, -0.2) is 59.8 Å². The molecule has 0 bridgehead atoms. The summed E-state index contributed by atoms with van der Waals surface area (Å²) in [5.41, 5.74) is 12.4. The molecule has 2 aromatic heterocycles. The minimum atomic E-state index is -0.373. The van der Waals surface area contributed by atoms with Gasteiger partial charge in [0, 0.05) is 84.7 Å². The van der Waals surface area contributed by atoms with E-state index < -0.39 is 0 Å². The minimum absolute atomic E-state index is 0.0210. The molecule has 0 atom stereocenters. The van der Waals surface area contributed by atoms with E-state index in [1.807, 2.05) is 42.6 Å². The first kappa shape index (κ1) is 31.5. The number of hydrogen-bond donors (Lipinski definition) is 7. The third-order valence-corrected chi connectivity index (χ3v) is 8.10. The van der Waals surface area contributed by atoms with E-state index in [0.717, 1.165) is 84.0 Å². The van der Waals surface area contributed by atoms with Gasteiger partial charge in [0.15, 0.2) is 5.96 Å². The lowest BCUT2D eigenvalue weighted by Crippen LogP contribution is -2.43. The van der Waals surface area contributed by atoms with Crippen LogP contribution in [-0.2, 0) is 6.54 Å². The molecule has 3 aromatic carbocycles. The molecule has 0 spiro atoms. The Kier molecular flexibility index (Phi) is 9.60. The number of aromatic nitrogens is 3. The van der Waals surface area contributed by atoms with Gasteiger partial charge in [0.2, 0.25) is 0 Å². The Morgan fingerprint density at radius 3 is 2.51 bits per heavy atom. The molecule has 0 amide bonds. The molecule has 1 aliphatic rings. The monoisotopic (exact) mass is 634 g/mol. The number of nitrogens with two attached hydrogens (primary N) is 1. The maximum absolute atomic E-state index is 13.5. The molecule has 242 valence electrons. The highest BCUT2D eigenvalue weighted by Crippen LogP contribution is 2.31. The van der Waals surface area contributed by atoms with Gasteiger partial charge in [-0.1, -0.05) is 18.7 Å². The number of nitrogens with one attached hydrogen (secondary N) is 6. The van der Waals surface area contributed by atoms with Crippen molar-refractivity contribution in [2.75, 3.05) is 49.5 Å². The Morgan fingerprint density at radius 1 is 1.00 bits per heavy atom. The molecule has 1 fully saturated rings. The second-order valence-electron chi connectivity index (χ2n) is 11.5. The van der Waals surface area contributed by atoms with E-state index in [4.69, 9.17) is 11.1 Å². The van der Waals surface area contributed by atoms with Crippen molar-refractivity contribution < 1.29 is 4.39 Å². The number of guanidine groups is 1. The Morgan fingerprint density at radius 2 is 1.77 bits per heavy atom. The summed E-state index contributed by atoms with van der Waals surface area (Å²) in [5, 5.41) is 20.9. The van der Waals surface area contributed by atoms with E-state index in [2.05, 4.69) is 54.8 Å². The van der Waals surface area contributed by atoms with E-state index in [1.54, 1.807) is 16.7 Å². The zero-order chi connectivity index (χ0) is 32.8.